The van der Waals surface area contributed by atoms with Crippen LogP contribution >= 0.6 is 24.0 Å². The lowest BCUT2D eigenvalue weighted by molar-refractivity contribution is 0.148. The van der Waals surface area contributed by atoms with Gasteiger partial charge < -0.3 is 14.6 Å². The fourth-order valence-electron chi connectivity index (χ4n) is 5.04. The zero-order chi connectivity index (χ0) is 26.8. The second kappa shape index (κ2) is 12.4. The molecule has 1 N–H and O–H groups in total. The molecule has 3 heterocycles. The average Bonchev–Trinajstić information content (AvgIpc) is 3.53. The van der Waals surface area contributed by atoms with Crippen LogP contribution in [0.25, 0.3) is 22.6 Å². The maximum Gasteiger partial charge on any atom is 0.159 e. The Morgan fingerprint density at radius 2 is 1.70 bits per heavy atom. The zero-order valence-corrected chi connectivity index (χ0v) is 24.4. The maximum atomic E-state index is 6.36. The number of imidazole rings is 1. The summed E-state index contributed by atoms with van der Waals surface area (Å²) in [4.78, 5) is 13.2. The molecule has 9 heteroatoms. The fraction of sp³-hybridized carbons (Fsp3) is 0.290. The van der Waals surface area contributed by atoms with Crippen molar-refractivity contribution in [3.05, 3.63) is 100 Å². The monoisotopic (exact) mass is 576 g/mol. The number of hydrogen-bond acceptors (Lipinski definition) is 5. The van der Waals surface area contributed by atoms with E-state index in [4.69, 9.17) is 26.4 Å². The number of likely N-dealkylation sites (N-methyl/N-ethyl adjacent to an activating group) is 1. The first-order valence-electron chi connectivity index (χ1n) is 13.4. The minimum Gasteiger partial charge on any atom is -0.489 e. The van der Waals surface area contributed by atoms with Gasteiger partial charge in [0.15, 0.2) is 5.82 Å². The number of aromatic amines is 1. The second-order valence-corrected chi connectivity index (χ2v) is 10.8. The van der Waals surface area contributed by atoms with Crippen molar-refractivity contribution in [2.75, 3.05) is 33.2 Å². The molecule has 2 aromatic heterocycles. The molecule has 0 bridgehead atoms. The summed E-state index contributed by atoms with van der Waals surface area (Å²) in [6.07, 6.45) is 0. The molecular weight excluding hydrogens is 543 g/mol. The van der Waals surface area contributed by atoms with Gasteiger partial charge in [0.1, 0.15) is 18.1 Å². The average molecular weight is 578 g/mol. The second-order valence-electron chi connectivity index (χ2n) is 10.4. The van der Waals surface area contributed by atoms with Gasteiger partial charge >= 0.3 is 0 Å². The van der Waals surface area contributed by atoms with Crippen molar-refractivity contribution in [3.8, 4) is 17.3 Å². The Kier molecular flexibility index (Phi) is 8.76. The van der Waals surface area contributed by atoms with Crippen molar-refractivity contribution < 1.29 is 4.74 Å². The molecule has 0 spiro atoms. The van der Waals surface area contributed by atoms with Crippen molar-refractivity contribution in [1.82, 2.24) is 29.5 Å². The number of nitrogens with one attached hydrogen (secondary N) is 1. The van der Waals surface area contributed by atoms with Gasteiger partial charge in [0.25, 0.3) is 0 Å². The van der Waals surface area contributed by atoms with Crippen LogP contribution < -0.4 is 4.74 Å². The van der Waals surface area contributed by atoms with Crippen molar-refractivity contribution >= 4 is 35.0 Å². The number of aryl methyl sites for hydroxylation is 1. The Hall–Kier alpha value is -3.36. The van der Waals surface area contributed by atoms with E-state index in [-0.39, 0.29) is 12.4 Å². The number of piperazine rings is 1. The van der Waals surface area contributed by atoms with Crippen LogP contribution in [0.4, 0.5) is 0 Å². The lowest BCUT2D eigenvalue weighted by atomic mass is 10.1. The predicted octanol–water partition coefficient (Wildman–Crippen LogP) is 6.18. The molecule has 0 aliphatic carbocycles. The summed E-state index contributed by atoms with van der Waals surface area (Å²) in [6.45, 7) is 8.50. The third kappa shape index (κ3) is 6.50. The van der Waals surface area contributed by atoms with Crippen LogP contribution in [0.1, 0.15) is 22.4 Å². The highest BCUT2D eigenvalue weighted by Gasteiger charge is 2.16. The standard InChI is InChI=1S/C31H33ClN6O.ClH/c1-22-16-29(31-33-27-10-8-24(17-28(27)34-31)19-37-14-12-36(2)13-15-37)35-38(22)20-25-18-26(32)9-11-30(25)39-21-23-6-4-3-5-7-23;/h3-11,16-18H,12-15,19-21H2,1-2H3,(H,33,34);1H. The molecule has 1 saturated heterocycles. The van der Waals surface area contributed by atoms with Crippen LogP contribution in [-0.4, -0.2) is 62.8 Å². The molecule has 0 atom stereocenters. The highest BCUT2D eigenvalue weighted by Crippen LogP contribution is 2.27. The molecular formula is C31H34Cl2N6O. The molecule has 0 unspecified atom stereocenters. The highest BCUT2D eigenvalue weighted by molar-refractivity contribution is 6.30. The van der Waals surface area contributed by atoms with Crippen molar-refractivity contribution in [3.63, 3.8) is 0 Å². The molecule has 5 aromatic rings. The van der Waals surface area contributed by atoms with Gasteiger partial charge in [-0.15, -0.1) is 12.4 Å². The van der Waals surface area contributed by atoms with Gasteiger partial charge in [-0.25, -0.2) is 4.98 Å². The number of rotatable bonds is 8. The Bertz CT molecular complexity index is 1570. The van der Waals surface area contributed by atoms with E-state index in [1.807, 2.05) is 41.1 Å². The SMILES string of the molecule is Cc1cc(-c2nc3ccc(CN4CCN(C)CC4)cc3[nH]2)nn1Cc1cc(Cl)ccc1OCc1ccccc1.Cl. The van der Waals surface area contributed by atoms with Crippen LogP contribution in [0.15, 0.2) is 72.8 Å². The Balaban J connectivity index is 0.00000323. The van der Waals surface area contributed by atoms with Gasteiger partial charge in [-0.2, -0.15) is 5.10 Å². The molecule has 40 heavy (non-hydrogen) atoms. The zero-order valence-electron chi connectivity index (χ0n) is 22.8. The van der Waals surface area contributed by atoms with E-state index in [0.717, 1.165) is 77.8 Å². The lowest BCUT2D eigenvalue weighted by Gasteiger charge is -2.32. The largest absolute Gasteiger partial charge is 0.489 e. The molecule has 0 saturated carbocycles. The van der Waals surface area contributed by atoms with Gasteiger partial charge in [-0.1, -0.05) is 48.0 Å². The number of aromatic nitrogens is 4. The van der Waals surface area contributed by atoms with E-state index >= 15 is 0 Å². The summed E-state index contributed by atoms with van der Waals surface area (Å²) in [5.41, 5.74) is 7.24. The first-order chi connectivity index (χ1) is 19.0. The van der Waals surface area contributed by atoms with E-state index in [9.17, 15) is 0 Å². The van der Waals surface area contributed by atoms with Crippen molar-refractivity contribution in [2.24, 2.45) is 0 Å². The molecule has 1 aliphatic rings. The minimum atomic E-state index is 0. The van der Waals surface area contributed by atoms with Crippen LogP contribution in [0.2, 0.25) is 5.02 Å². The minimum absolute atomic E-state index is 0. The number of ether oxygens (including phenoxy) is 1. The first-order valence-corrected chi connectivity index (χ1v) is 13.8. The molecule has 7 nitrogen and oxygen atoms in total. The highest BCUT2D eigenvalue weighted by atomic mass is 35.5. The maximum absolute atomic E-state index is 6.36. The van der Waals surface area contributed by atoms with Gasteiger partial charge in [0.05, 0.1) is 17.6 Å². The Morgan fingerprint density at radius 1 is 0.900 bits per heavy atom. The summed E-state index contributed by atoms with van der Waals surface area (Å²) in [6, 6.07) is 24.5. The lowest BCUT2D eigenvalue weighted by Crippen LogP contribution is -2.43. The van der Waals surface area contributed by atoms with Crippen molar-refractivity contribution in [2.45, 2.75) is 26.6 Å². The van der Waals surface area contributed by atoms with Crippen LogP contribution in [-0.2, 0) is 19.7 Å². The summed E-state index contributed by atoms with van der Waals surface area (Å²) in [5, 5.41) is 5.57. The van der Waals surface area contributed by atoms with Gasteiger partial charge in [-0.3, -0.25) is 9.58 Å². The number of hydrogen-bond donors (Lipinski definition) is 1. The molecule has 0 amide bonds. The van der Waals surface area contributed by atoms with E-state index < -0.39 is 0 Å². The van der Waals surface area contributed by atoms with Crippen LogP contribution in [0, 0.1) is 6.92 Å². The summed E-state index contributed by atoms with van der Waals surface area (Å²) >= 11 is 6.36. The molecule has 0 radical (unpaired) electrons. The summed E-state index contributed by atoms with van der Waals surface area (Å²) < 4.78 is 8.14. The normalized spacial score (nSPS) is 14.4. The molecule has 208 valence electrons. The molecule has 3 aromatic carbocycles. The number of fused-ring (bicyclic) bond motifs is 1. The third-order valence-electron chi connectivity index (χ3n) is 7.35. The molecule has 1 aliphatic heterocycles. The number of nitrogens with zero attached hydrogens (tertiary/aromatic N) is 5. The van der Waals surface area contributed by atoms with E-state index in [0.29, 0.717) is 18.2 Å². The quantitative estimate of drug-likeness (QED) is 0.239. The summed E-state index contributed by atoms with van der Waals surface area (Å²) in [7, 11) is 2.19. The van der Waals surface area contributed by atoms with E-state index in [2.05, 4.69) is 65.2 Å². The summed E-state index contributed by atoms with van der Waals surface area (Å²) in [5.74, 6) is 1.58. The van der Waals surface area contributed by atoms with E-state index in [1.165, 1.54) is 5.56 Å². The first kappa shape index (κ1) is 28.2. The number of benzene rings is 3. The smallest absolute Gasteiger partial charge is 0.159 e. The Labute approximate surface area is 246 Å². The van der Waals surface area contributed by atoms with Crippen molar-refractivity contribution in [1.29, 1.82) is 0 Å². The number of H-pyrrole nitrogens is 1. The number of halogens is 2. The third-order valence-corrected chi connectivity index (χ3v) is 7.59. The van der Waals surface area contributed by atoms with Crippen LogP contribution in [0.5, 0.6) is 5.75 Å². The topological polar surface area (TPSA) is 62.2 Å². The van der Waals surface area contributed by atoms with Gasteiger partial charge in [0.2, 0.25) is 0 Å². The van der Waals surface area contributed by atoms with E-state index in [1.54, 1.807) is 0 Å². The Morgan fingerprint density at radius 3 is 2.50 bits per heavy atom. The molecule has 6 rings (SSSR count). The van der Waals surface area contributed by atoms with Crippen LogP contribution in [0.3, 0.4) is 0 Å². The van der Waals surface area contributed by atoms with Gasteiger partial charge in [0, 0.05) is 49.0 Å². The van der Waals surface area contributed by atoms with Gasteiger partial charge in [-0.05, 0) is 61.5 Å². The molecule has 1 fully saturated rings. The predicted molar refractivity (Wildman–Crippen MR) is 163 cm³/mol. The fourth-order valence-corrected chi connectivity index (χ4v) is 5.23.